The first kappa shape index (κ1) is 23.9. The van der Waals surface area contributed by atoms with Crippen molar-refractivity contribution in [1.29, 1.82) is 0 Å². The van der Waals surface area contributed by atoms with Gasteiger partial charge in [-0.05, 0) is 33.1 Å². The third kappa shape index (κ3) is 8.97. The van der Waals surface area contributed by atoms with E-state index in [-0.39, 0.29) is 24.0 Å². The standard InChI is InChI=1S/C15H31N3O2S.HI/c1-7-8-9-10-11-12-18(5)14(16-4)17-13-15(2,3)21(6,19)20;/h7H,1,8-13H2,2-6H3,(H,16,17);1H. The summed E-state index contributed by atoms with van der Waals surface area (Å²) in [7, 11) is 0.576. The fourth-order valence-electron chi connectivity index (χ4n) is 1.73. The van der Waals surface area contributed by atoms with Crippen LogP contribution in [0.15, 0.2) is 17.6 Å². The second-order valence-electron chi connectivity index (χ2n) is 5.99. The molecule has 0 spiro atoms. The van der Waals surface area contributed by atoms with Crippen molar-refractivity contribution in [2.24, 2.45) is 4.99 Å². The smallest absolute Gasteiger partial charge is 0.193 e. The molecule has 0 heterocycles. The third-order valence-corrected chi connectivity index (χ3v) is 5.80. The van der Waals surface area contributed by atoms with Gasteiger partial charge < -0.3 is 10.2 Å². The SMILES string of the molecule is C=CCCCCCN(C)C(=NC)NCC(C)(C)S(C)(=O)=O.I. The average Bonchev–Trinajstić information content (AvgIpc) is 2.37. The van der Waals surface area contributed by atoms with E-state index in [0.717, 1.165) is 38.2 Å². The predicted molar refractivity (Wildman–Crippen MR) is 107 cm³/mol. The van der Waals surface area contributed by atoms with E-state index in [1.54, 1.807) is 20.9 Å². The van der Waals surface area contributed by atoms with Gasteiger partial charge in [0.25, 0.3) is 0 Å². The highest BCUT2D eigenvalue weighted by molar-refractivity contribution is 14.0. The Morgan fingerprint density at radius 2 is 1.91 bits per heavy atom. The molecule has 0 radical (unpaired) electrons. The van der Waals surface area contributed by atoms with E-state index >= 15 is 0 Å². The number of allylic oxidation sites excluding steroid dienone is 1. The summed E-state index contributed by atoms with van der Waals surface area (Å²) in [5.41, 5.74) is 0. The van der Waals surface area contributed by atoms with Crippen LogP contribution in [0, 0.1) is 0 Å². The van der Waals surface area contributed by atoms with E-state index in [1.807, 2.05) is 18.0 Å². The van der Waals surface area contributed by atoms with Crippen LogP contribution >= 0.6 is 24.0 Å². The van der Waals surface area contributed by atoms with Crippen LogP contribution in [0.5, 0.6) is 0 Å². The number of nitrogens with one attached hydrogen (secondary N) is 1. The second-order valence-corrected chi connectivity index (χ2v) is 8.64. The molecule has 22 heavy (non-hydrogen) atoms. The molecule has 0 aromatic rings. The Balaban J connectivity index is 0. The summed E-state index contributed by atoms with van der Waals surface area (Å²) in [4.78, 5) is 6.24. The summed E-state index contributed by atoms with van der Waals surface area (Å²) in [6, 6.07) is 0. The van der Waals surface area contributed by atoms with Crippen LogP contribution in [0.4, 0.5) is 0 Å². The van der Waals surface area contributed by atoms with Crippen LogP contribution < -0.4 is 5.32 Å². The highest BCUT2D eigenvalue weighted by Crippen LogP contribution is 2.13. The minimum atomic E-state index is -3.10. The van der Waals surface area contributed by atoms with Crippen molar-refractivity contribution < 1.29 is 8.42 Å². The number of nitrogens with zero attached hydrogens (tertiary/aromatic N) is 2. The predicted octanol–water partition coefficient (Wildman–Crippen LogP) is 2.68. The van der Waals surface area contributed by atoms with Gasteiger partial charge in [-0.3, -0.25) is 4.99 Å². The fraction of sp³-hybridized carbons (Fsp3) is 0.800. The Morgan fingerprint density at radius 1 is 1.32 bits per heavy atom. The molecule has 0 aromatic carbocycles. The summed E-state index contributed by atoms with van der Waals surface area (Å²) >= 11 is 0. The Bertz CT molecular complexity index is 448. The van der Waals surface area contributed by atoms with Crippen molar-refractivity contribution in [2.75, 3.05) is 33.4 Å². The number of unbranched alkanes of at least 4 members (excludes halogenated alkanes) is 3. The Hall–Kier alpha value is -0.310. The maximum absolute atomic E-state index is 11.7. The lowest BCUT2D eigenvalue weighted by Crippen LogP contribution is -2.48. The highest BCUT2D eigenvalue weighted by atomic mass is 127. The second kappa shape index (κ2) is 11.3. The van der Waals surface area contributed by atoms with Crippen LogP contribution in [0.25, 0.3) is 0 Å². The molecular formula is C15H32IN3O2S. The first-order valence-corrected chi connectivity index (χ1v) is 9.27. The van der Waals surface area contributed by atoms with Gasteiger partial charge >= 0.3 is 0 Å². The van der Waals surface area contributed by atoms with Gasteiger partial charge in [-0.2, -0.15) is 0 Å². The number of hydrogen-bond acceptors (Lipinski definition) is 3. The molecule has 0 bridgehead atoms. The Morgan fingerprint density at radius 3 is 2.36 bits per heavy atom. The average molecular weight is 445 g/mol. The maximum Gasteiger partial charge on any atom is 0.193 e. The van der Waals surface area contributed by atoms with Gasteiger partial charge in [0.15, 0.2) is 15.8 Å². The third-order valence-electron chi connectivity index (χ3n) is 3.65. The number of halogens is 1. The minimum absolute atomic E-state index is 0. The van der Waals surface area contributed by atoms with Crippen LogP contribution in [0.3, 0.4) is 0 Å². The monoisotopic (exact) mass is 445 g/mol. The van der Waals surface area contributed by atoms with Gasteiger partial charge in [0, 0.05) is 33.4 Å². The van der Waals surface area contributed by atoms with Gasteiger partial charge in [-0.1, -0.05) is 12.5 Å². The van der Waals surface area contributed by atoms with Gasteiger partial charge in [-0.25, -0.2) is 8.42 Å². The molecular weight excluding hydrogens is 413 g/mol. The minimum Gasteiger partial charge on any atom is -0.355 e. The van der Waals surface area contributed by atoms with Crippen LogP contribution in [0.2, 0.25) is 0 Å². The van der Waals surface area contributed by atoms with Crippen molar-refractivity contribution in [2.45, 2.75) is 44.3 Å². The van der Waals surface area contributed by atoms with Gasteiger partial charge in [0.2, 0.25) is 0 Å². The van der Waals surface area contributed by atoms with Gasteiger partial charge in [0.05, 0.1) is 4.75 Å². The van der Waals surface area contributed by atoms with Crippen molar-refractivity contribution in [1.82, 2.24) is 10.2 Å². The number of hydrogen-bond donors (Lipinski definition) is 1. The molecule has 0 saturated carbocycles. The lowest BCUT2D eigenvalue weighted by atomic mass is 10.2. The zero-order chi connectivity index (χ0) is 16.5. The van der Waals surface area contributed by atoms with E-state index in [1.165, 1.54) is 6.26 Å². The summed E-state index contributed by atoms with van der Waals surface area (Å²) < 4.78 is 22.6. The number of aliphatic imine (C=N–C) groups is 1. The van der Waals surface area contributed by atoms with Crippen molar-refractivity contribution >= 4 is 39.8 Å². The molecule has 0 aromatic heterocycles. The van der Waals surface area contributed by atoms with Gasteiger partial charge in [0.1, 0.15) is 0 Å². The van der Waals surface area contributed by atoms with E-state index in [4.69, 9.17) is 0 Å². The summed E-state index contributed by atoms with van der Waals surface area (Å²) in [6.45, 7) is 8.40. The van der Waals surface area contributed by atoms with Crippen LogP contribution in [0.1, 0.15) is 39.5 Å². The molecule has 1 N–H and O–H groups in total. The first-order chi connectivity index (χ1) is 9.65. The quantitative estimate of drug-likeness (QED) is 0.195. The molecule has 7 heteroatoms. The Labute approximate surface area is 153 Å². The molecule has 132 valence electrons. The molecule has 0 saturated heterocycles. The Kier molecular flexibility index (Phi) is 12.3. The highest BCUT2D eigenvalue weighted by Gasteiger charge is 2.30. The summed E-state index contributed by atoms with van der Waals surface area (Å²) in [5.74, 6) is 0.732. The van der Waals surface area contributed by atoms with E-state index in [9.17, 15) is 8.42 Å². The lowest BCUT2D eigenvalue weighted by Gasteiger charge is -2.27. The zero-order valence-corrected chi connectivity index (χ0v) is 17.7. The molecule has 0 atom stereocenters. The van der Waals surface area contributed by atoms with Crippen molar-refractivity contribution in [3.8, 4) is 0 Å². The summed E-state index contributed by atoms with van der Waals surface area (Å²) in [6.07, 6.45) is 7.66. The largest absolute Gasteiger partial charge is 0.355 e. The number of rotatable bonds is 9. The molecule has 0 unspecified atom stereocenters. The van der Waals surface area contributed by atoms with Crippen LogP contribution in [-0.4, -0.2) is 57.5 Å². The fourth-order valence-corrected chi connectivity index (χ4v) is 2.06. The normalized spacial score (nSPS) is 12.5. The van der Waals surface area contributed by atoms with E-state index in [2.05, 4.69) is 16.9 Å². The molecule has 0 rings (SSSR count). The molecule has 0 amide bonds. The zero-order valence-electron chi connectivity index (χ0n) is 14.6. The molecule has 0 aliphatic heterocycles. The molecule has 0 aliphatic carbocycles. The van der Waals surface area contributed by atoms with E-state index < -0.39 is 14.6 Å². The maximum atomic E-state index is 11.7. The van der Waals surface area contributed by atoms with Crippen molar-refractivity contribution in [3.63, 3.8) is 0 Å². The molecule has 0 aliphatic rings. The molecule has 5 nitrogen and oxygen atoms in total. The topological polar surface area (TPSA) is 61.8 Å². The molecule has 0 fully saturated rings. The van der Waals surface area contributed by atoms with Gasteiger partial charge in [-0.15, -0.1) is 30.6 Å². The lowest BCUT2D eigenvalue weighted by molar-refractivity contribution is 0.449. The number of guanidine groups is 1. The first-order valence-electron chi connectivity index (χ1n) is 7.38. The van der Waals surface area contributed by atoms with Crippen molar-refractivity contribution in [3.05, 3.63) is 12.7 Å². The summed E-state index contributed by atoms with van der Waals surface area (Å²) in [5, 5.41) is 3.15. The number of sulfone groups is 1. The van der Waals surface area contributed by atoms with E-state index in [0.29, 0.717) is 6.54 Å². The van der Waals surface area contributed by atoms with Crippen LogP contribution in [-0.2, 0) is 9.84 Å².